The first-order valence-electron chi connectivity index (χ1n) is 6.53. The van der Waals surface area contributed by atoms with Gasteiger partial charge in [-0.2, -0.15) is 0 Å². The van der Waals surface area contributed by atoms with Gasteiger partial charge >= 0.3 is 0 Å². The molecule has 1 saturated heterocycles. The van der Waals surface area contributed by atoms with E-state index >= 15 is 0 Å². The van der Waals surface area contributed by atoms with Gasteiger partial charge in [0, 0.05) is 13.0 Å². The second-order valence-corrected chi connectivity index (χ2v) is 5.04. The van der Waals surface area contributed by atoms with Crippen LogP contribution in [0.5, 0.6) is 0 Å². The molecule has 1 aromatic carbocycles. The molecule has 0 aromatic heterocycles. The molecule has 1 aliphatic rings. The minimum absolute atomic E-state index is 0.236. The second kappa shape index (κ2) is 5.97. The normalized spacial score (nSPS) is 17.0. The number of hydrogen-bond acceptors (Lipinski definition) is 2. The van der Waals surface area contributed by atoms with Gasteiger partial charge in [0.15, 0.2) is 0 Å². The summed E-state index contributed by atoms with van der Waals surface area (Å²) >= 11 is 0. The van der Waals surface area contributed by atoms with E-state index < -0.39 is 0 Å². The van der Waals surface area contributed by atoms with E-state index in [0.717, 1.165) is 12.1 Å². The highest BCUT2D eigenvalue weighted by Gasteiger charge is 2.10. The highest BCUT2D eigenvalue weighted by Crippen LogP contribution is 2.14. The van der Waals surface area contributed by atoms with Crippen molar-refractivity contribution < 1.29 is 4.79 Å². The van der Waals surface area contributed by atoms with Crippen molar-refractivity contribution in [2.24, 2.45) is 0 Å². The zero-order valence-corrected chi connectivity index (χ0v) is 10.6. The van der Waals surface area contributed by atoms with Crippen LogP contribution in [0, 0.1) is 0 Å². The average Bonchev–Trinajstić information content (AvgIpc) is 2.30. The number of ketones is 1. The van der Waals surface area contributed by atoms with E-state index in [4.69, 9.17) is 0 Å². The van der Waals surface area contributed by atoms with Crippen LogP contribution in [0.15, 0.2) is 24.3 Å². The molecule has 0 saturated carbocycles. The number of likely N-dealkylation sites (tertiary alicyclic amines) is 1. The van der Waals surface area contributed by atoms with Gasteiger partial charge in [0.25, 0.3) is 0 Å². The van der Waals surface area contributed by atoms with Gasteiger partial charge in [0.1, 0.15) is 5.78 Å². The molecule has 0 N–H and O–H groups in total. The number of hydrogen-bond donors (Lipinski definition) is 0. The van der Waals surface area contributed by atoms with Crippen LogP contribution in [-0.4, -0.2) is 23.8 Å². The number of carbonyl (C=O) groups excluding carboxylic acids is 1. The molecule has 0 spiro atoms. The lowest BCUT2D eigenvalue weighted by Gasteiger charge is -2.26. The van der Waals surface area contributed by atoms with E-state index in [1.54, 1.807) is 6.92 Å². The lowest BCUT2D eigenvalue weighted by molar-refractivity contribution is -0.116. The van der Waals surface area contributed by atoms with Crippen LogP contribution in [-0.2, 0) is 17.8 Å². The standard InChI is InChI=1S/C15H21NO/c1-13(17)10-14-6-5-7-15(11-14)12-16-8-3-2-4-9-16/h5-7,11H,2-4,8-10,12H2,1H3. The predicted octanol–water partition coefficient (Wildman–Crippen LogP) is 2.80. The van der Waals surface area contributed by atoms with E-state index in [2.05, 4.69) is 23.1 Å². The van der Waals surface area contributed by atoms with Crippen molar-refractivity contribution in [2.45, 2.75) is 39.2 Å². The molecule has 0 bridgehead atoms. The maximum absolute atomic E-state index is 11.1. The Bertz CT molecular complexity index is 380. The van der Waals surface area contributed by atoms with Crippen LogP contribution in [0.2, 0.25) is 0 Å². The van der Waals surface area contributed by atoms with Gasteiger partial charge in [-0.1, -0.05) is 30.7 Å². The highest BCUT2D eigenvalue weighted by molar-refractivity contribution is 5.78. The van der Waals surface area contributed by atoms with Gasteiger partial charge in [-0.05, 0) is 44.0 Å². The molecule has 2 heteroatoms. The van der Waals surface area contributed by atoms with Crippen molar-refractivity contribution in [2.75, 3.05) is 13.1 Å². The van der Waals surface area contributed by atoms with Crippen LogP contribution in [0.4, 0.5) is 0 Å². The number of Topliss-reactive ketones (excluding diaryl/α,β-unsaturated/α-hetero) is 1. The van der Waals surface area contributed by atoms with Crippen molar-refractivity contribution in [3.63, 3.8) is 0 Å². The minimum atomic E-state index is 0.236. The van der Waals surface area contributed by atoms with Gasteiger partial charge in [0.2, 0.25) is 0 Å². The Morgan fingerprint density at radius 2 is 1.88 bits per heavy atom. The fourth-order valence-corrected chi connectivity index (χ4v) is 2.50. The van der Waals surface area contributed by atoms with E-state index in [-0.39, 0.29) is 5.78 Å². The lowest BCUT2D eigenvalue weighted by Crippen LogP contribution is -2.29. The van der Waals surface area contributed by atoms with Gasteiger partial charge < -0.3 is 0 Å². The molecular weight excluding hydrogens is 210 g/mol. The Morgan fingerprint density at radius 1 is 1.18 bits per heavy atom. The van der Waals surface area contributed by atoms with E-state index in [1.807, 2.05) is 6.07 Å². The smallest absolute Gasteiger partial charge is 0.134 e. The third kappa shape index (κ3) is 3.97. The summed E-state index contributed by atoms with van der Waals surface area (Å²) in [7, 11) is 0. The van der Waals surface area contributed by atoms with E-state index in [9.17, 15) is 4.79 Å². The molecule has 0 radical (unpaired) electrons. The number of nitrogens with zero attached hydrogens (tertiary/aromatic N) is 1. The fraction of sp³-hybridized carbons (Fsp3) is 0.533. The maximum atomic E-state index is 11.1. The summed E-state index contributed by atoms with van der Waals surface area (Å²) in [5, 5.41) is 0. The van der Waals surface area contributed by atoms with Crippen LogP contribution < -0.4 is 0 Å². The Hall–Kier alpha value is -1.15. The summed E-state index contributed by atoms with van der Waals surface area (Å²) in [5.41, 5.74) is 2.48. The first-order valence-corrected chi connectivity index (χ1v) is 6.53. The molecule has 92 valence electrons. The molecule has 0 aliphatic carbocycles. The fourth-order valence-electron chi connectivity index (χ4n) is 2.50. The monoisotopic (exact) mass is 231 g/mol. The summed E-state index contributed by atoms with van der Waals surface area (Å²) in [5.74, 6) is 0.236. The minimum Gasteiger partial charge on any atom is -0.300 e. The molecule has 0 atom stereocenters. The Balaban J connectivity index is 1.97. The SMILES string of the molecule is CC(=O)Cc1cccc(CN2CCCCC2)c1. The zero-order chi connectivity index (χ0) is 12.1. The van der Waals surface area contributed by atoms with Gasteiger partial charge in [-0.3, -0.25) is 9.69 Å². The number of piperidine rings is 1. The molecular formula is C15H21NO. The maximum Gasteiger partial charge on any atom is 0.134 e. The molecule has 1 aliphatic heterocycles. The first-order chi connectivity index (χ1) is 8.24. The summed E-state index contributed by atoms with van der Waals surface area (Å²) in [6.45, 7) is 5.12. The van der Waals surface area contributed by atoms with E-state index in [0.29, 0.717) is 6.42 Å². The molecule has 0 amide bonds. The third-order valence-corrected chi connectivity index (χ3v) is 3.30. The predicted molar refractivity (Wildman–Crippen MR) is 70.0 cm³/mol. The average molecular weight is 231 g/mol. The largest absolute Gasteiger partial charge is 0.300 e. The van der Waals surface area contributed by atoms with E-state index in [1.165, 1.54) is 37.9 Å². The molecule has 0 unspecified atom stereocenters. The second-order valence-electron chi connectivity index (χ2n) is 5.04. The van der Waals surface area contributed by atoms with Gasteiger partial charge in [0.05, 0.1) is 0 Å². The quantitative estimate of drug-likeness (QED) is 0.794. The van der Waals surface area contributed by atoms with Crippen LogP contribution in [0.1, 0.15) is 37.3 Å². The van der Waals surface area contributed by atoms with Crippen molar-refractivity contribution in [1.82, 2.24) is 4.90 Å². The topological polar surface area (TPSA) is 20.3 Å². The van der Waals surface area contributed by atoms with Crippen molar-refractivity contribution in [1.29, 1.82) is 0 Å². The Labute approximate surface area is 104 Å². The number of benzene rings is 1. The molecule has 1 heterocycles. The molecule has 1 fully saturated rings. The van der Waals surface area contributed by atoms with Crippen LogP contribution in [0.25, 0.3) is 0 Å². The highest BCUT2D eigenvalue weighted by atomic mass is 16.1. The number of rotatable bonds is 4. The summed E-state index contributed by atoms with van der Waals surface area (Å²) in [4.78, 5) is 13.6. The van der Waals surface area contributed by atoms with Crippen molar-refractivity contribution in [3.8, 4) is 0 Å². The van der Waals surface area contributed by atoms with Crippen LogP contribution >= 0.6 is 0 Å². The molecule has 1 aromatic rings. The molecule has 2 rings (SSSR count). The molecule has 17 heavy (non-hydrogen) atoms. The third-order valence-electron chi connectivity index (χ3n) is 3.30. The van der Waals surface area contributed by atoms with Gasteiger partial charge in [-0.15, -0.1) is 0 Å². The van der Waals surface area contributed by atoms with Gasteiger partial charge in [-0.25, -0.2) is 0 Å². The van der Waals surface area contributed by atoms with Crippen molar-refractivity contribution >= 4 is 5.78 Å². The first kappa shape index (κ1) is 12.3. The Morgan fingerprint density at radius 3 is 2.59 bits per heavy atom. The zero-order valence-electron chi connectivity index (χ0n) is 10.6. The lowest BCUT2D eigenvalue weighted by atomic mass is 10.0. The van der Waals surface area contributed by atoms with Crippen molar-refractivity contribution in [3.05, 3.63) is 35.4 Å². The number of carbonyl (C=O) groups is 1. The summed E-state index contributed by atoms with van der Waals surface area (Å²) in [6.07, 6.45) is 4.59. The molecule has 2 nitrogen and oxygen atoms in total. The van der Waals surface area contributed by atoms with Crippen LogP contribution in [0.3, 0.4) is 0 Å². The summed E-state index contributed by atoms with van der Waals surface area (Å²) < 4.78 is 0. The Kier molecular flexibility index (Phi) is 4.32. The summed E-state index contributed by atoms with van der Waals surface area (Å²) in [6, 6.07) is 8.45.